The number of phenolic OH excluding ortho intramolecular Hbond substituents is 1. The van der Waals surface area contributed by atoms with Crippen molar-refractivity contribution in [2.45, 2.75) is 38.8 Å². The Balaban J connectivity index is 2.83. The van der Waals surface area contributed by atoms with Crippen LogP contribution >= 0.6 is 0 Å². The minimum Gasteiger partial charge on any atom is -0.508 e. The summed E-state index contributed by atoms with van der Waals surface area (Å²) < 4.78 is 0. The molecule has 0 radical (unpaired) electrons. The molecule has 0 bridgehead atoms. The first-order valence-electron chi connectivity index (χ1n) is 6.56. The van der Waals surface area contributed by atoms with Crippen LogP contribution < -0.4 is 5.32 Å². The van der Waals surface area contributed by atoms with Gasteiger partial charge in [0.25, 0.3) is 0 Å². The minimum atomic E-state index is 0.0773. The summed E-state index contributed by atoms with van der Waals surface area (Å²) in [5.41, 5.74) is 1.32. The molecule has 0 spiro atoms. The SMILES string of the molecule is CCNC(Cc1ccc(O)cc1)C(C)(C)N(C)C. The first kappa shape index (κ1) is 15.0. The molecule has 0 aliphatic carbocycles. The van der Waals surface area contributed by atoms with Crippen molar-refractivity contribution < 1.29 is 5.11 Å². The molecule has 18 heavy (non-hydrogen) atoms. The highest BCUT2D eigenvalue weighted by atomic mass is 16.3. The highest BCUT2D eigenvalue weighted by Gasteiger charge is 2.30. The molecule has 1 rings (SSSR count). The highest BCUT2D eigenvalue weighted by molar-refractivity contribution is 5.26. The first-order valence-corrected chi connectivity index (χ1v) is 6.56. The van der Waals surface area contributed by atoms with E-state index in [0.717, 1.165) is 13.0 Å². The molecular weight excluding hydrogens is 224 g/mol. The third-order valence-corrected chi connectivity index (χ3v) is 3.83. The number of likely N-dealkylation sites (N-methyl/N-ethyl adjacent to an activating group) is 2. The monoisotopic (exact) mass is 250 g/mol. The van der Waals surface area contributed by atoms with Gasteiger partial charge in [-0.2, -0.15) is 0 Å². The van der Waals surface area contributed by atoms with Crippen LogP contribution in [0.15, 0.2) is 24.3 Å². The molecule has 2 N–H and O–H groups in total. The highest BCUT2D eigenvalue weighted by Crippen LogP contribution is 2.20. The molecule has 102 valence electrons. The Bertz CT molecular complexity index is 357. The van der Waals surface area contributed by atoms with E-state index >= 15 is 0 Å². The molecule has 1 aromatic carbocycles. The zero-order chi connectivity index (χ0) is 13.8. The largest absolute Gasteiger partial charge is 0.508 e. The molecule has 0 saturated heterocycles. The Morgan fingerprint density at radius 2 is 1.78 bits per heavy atom. The van der Waals surface area contributed by atoms with E-state index in [0.29, 0.717) is 11.8 Å². The molecule has 0 heterocycles. The fourth-order valence-corrected chi connectivity index (χ4v) is 2.00. The molecule has 0 amide bonds. The maximum atomic E-state index is 9.32. The summed E-state index contributed by atoms with van der Waals surface area (Å²) in [5, 5.41) is 12.9. The second-order valence-corrected chi connectivity index (χ2v) is 5.53. The van der Waals surface area contributed by atoms with Crippen LogP contribution in [0.5, 0.6) is 5.75 Å². The van der Waals surface area contributed by atoms with Gasteiger partial charge in [0.1, 0.15) is 5.75 Å². The van der Waals surface area contributed by atoms with E-state index in [4.69, 9.17) is 0 Å². The van der Waals surface area contributed by atoms with Gasteiger partial charge in [0.05, 0.1) is 0 Å². The third kappa shape index (κ3) is 3.72. The van der Waals surface area contributed by atoms with E-state index in [2.05, 4.69) is 45.1 Å². The molecule has 3 nitrogen and oxygen atoms in total. The standard InChI is InChI=1S/C15H26N2O/c1-6-16-14(15(2,3)17(4)5)11-12-7-9-13(18)10-8-12/h7-10,14,16,18H,6,11H2,1-5H3. The van der Waals surface area contributed by atoms with Crippen LogP contribution in [-0.2, 0) is 6.42 Å². The zero-order valence-corrected chi connectivity index (χ0v) is 12.2. The number of phenols is 1. The molecule has 0 aliphatic heterocycles. The molecule has 0 fully saturated rings. The van der Waals surface area contributed by atoms with Crippen molar-refractivity contribution in [1.29, 1.82) is 0 Å². The topological polar surface area (TPSA) is 35.5 Å². The Morgan fingerprint density at radius 1 is 1.22 bits per heavy atom. The van der Waals surface area contributed by atoms with Crippen LogP contribution in [0.1, 0.15) is 26.3 Å². The predicted molar refractivity (Wildman–Crippen MR) is 77.0 cm³/mol. The van der Waals surface area contributed by atoms with Crippen molar-refractivity contribution in [1.82, 2.24) is 10.2 Å². The molecule has 1 atom stereocenters. The molecule has 1 unspecified atom stereocenters. The van der Waals surface area contributed by atoms with Gasteiger partial charge in [-0.1, -0.05) is 19.1 Å². The average Bonchev–Trinajstić information content (AvgIpc) is 2.31. The summed E-state index contributed by atoms with van der Waals surface area (Å²) in [6.07, 6.45) is 0.958. The number of hydrogen-bond donors (Lipinski definition) is 2. The normalized spacial score (nSPS) is 13.9. The van der Waals surface area contributed by atoms with Gasteiger partial charge in [0.2, 0.25) is 0 Å². The Hall–Kier alpha value is -1.06. The van der Waals surface area contributed by atoms with Gasteiger partial charge in [0, 0.05) is 11.6 Å². The van der Waals surface area contributed by atoms with E-state index in [9.17, 15) is 5.11 Å². The quantitative estimate of drug-likeness (QED) is 0.813. The van der Waals surface area contributed by atoms with Crippen molar-refractivity contribution in [2.24, 2.45) is 0 Å². The van der Waals surface area contributed by atoms with E-state index in [1.54, 1.807) is 12.1 Å². The lowest BCUT2D eigenvalue weighted by Gasteiger charge is -2.40. The van der Waals surface area contributed by atoms with Crippen molar-refractivity contribution in [2.75, 3.05) is 20.6 Å². The fraction of sp³-hybridized carbons (Fsp3) is 0.600. The van der Waals surface area contributed by atoms with Crippen LogP contribution in [0.25, 0.3) is 0 Å². The second-order valence-electron chi connectivity index (χ2n) is 5.53. The molecule has 0 aromatic heterocycles. The fourth-order valence-electron chi connectivity index (χ4n) is 2.00. The third-order valence-electron chi connectivity index (χ3n) is 3.83. The van der Waals surface area contributed by atoms with E-state index < -0.39 is 0 Å². The van der Waals surface area contributed by atoms with Crippen molar-refractivity contribution in [3.63, 3.8) is 0 Å². The number of benzene rings is 1. The number of nitrogens with one attached hydrogen (secondary N) is 1. The number of nitrogens with zero attached hydrogens (tertiary/aromatic N) is 1. The lowest BCUT2D eigenvalue weighted by Crippen LogP contribution is -2.56. The summed E-state index contributed by atoms with van der Waals surface area (Å²) in [6.45, 7) is 7.59. The van der Waals surface area contributed by atoms with E-state index in [1.165, 1.54) is 5.56 Å². The van der Waals surface area contributed by atoms with Gasteiger partial charge in [-0.25, -0.2) is 0 Å². The van der Waals surface area contributed by atoms with Gasteiger partial charge >= 0.3 is 0 Å². The second kappa shape index (κ2) is 6.21. The van der Waals surface area contributed by atoms with Crippen LogP contribution in [0.3, 0.4) is 0 Å². The molecule has 3 heteroatoms. The lowest BCUT2D eigenvalue weighted by molar-refractivity contribution is 0.138. The Morgan fingerprint density at radius 3 is 2.22 bits per heavy atom. The van der Waals surface area contributed by atoms with Gasteiger partial charge in [-0.05, 0) is 58.6 Å². The van der Waals surface area contributed by atoms with Crippen molar-refractivity contribution in [3.05, 3.63) is 29.8 Å². The van der Waals surface area contributed by atoms with E-state index in [-0.39, 0.29) is 5.54 Å². The number of aromatic hydroxyl groups is 1. The van der Waals surface area contributed by atoms with Gasteiger partial charge in [0.15, 0.2) is 0 Å². The molecule has 1 aromatic rings. The first-order chi connectivity index (χ1) is 8.37. The summed E-state index contributed by atoms with van der Waals surface area (Å²) in [5.74, 6) is 0.325. The predicted octanol–water partition coefficient (Wildman–Crippen LogP) is 2.25. The number of hydrogen-bond acceptors (Lipinski definition) is 3. The van der Waals surface area contributed by atoms with Crippen LogP contribution in [0.2, 0.25) is 0 Å². The van der Waals surface area contributed by atoms with Gasteiger partial charge < -0.3 is 15.3 Å². The molecular formula is C15H26N2O. The van der Waals surface area contributed by atoms with Crippen molar-refractivity contribution >= 4 is 0 Å². The summed E-state index contributed by atoms with van der Waals surface area (Å²) in [7, 11) is 4.22. The summed E-state index contributed by atoms with van der Waals surface area (Å²) in [4.78, 5) is 2.25. The Labute approximate surface area is 111 Å². The Kier molecular flexibility index (Phi) is 5.17. The lowest BCUT2D eigenvalue weighted by atomic mass is 9.88. The smallest absolute Gasteiger partial charge is 0.115 e. The maximum absolute atomic E-state index is 9.32. The molecule has 0 saturated carbocycles. The van der Waals surface area contributed by atoms with Crippen LogP contribution in [0.4, 0.5) is 0 Å². The van der Waals surface area contributed by atoms with Gasteiger partial charge in [-0.15, -0.1) is 0 Å². The summed E-state index contributed by atoms with van der Waals surface area (Å²) >= 11 is 0. The molecule has 0 aliphatic rings. The van der Waals surface area contributed by atoms with E-state index in [1.807, 2.05) is 12.1 Å². The zero-order valence-electron chi connectivity index (χ0n) is 12.2. The summed E-state index contributed by atoms with van der Waals surface area (Å²) in [6, 6.07) is 7.86. The number of rotatable bonds is 6. The van der Waals surface area contributed by atoms with Crippen molar-refractivity contribution in [3.8, 4) is 5.75 Å². The maximum Gasteiger partial charge on any atom is 0.115 e. The van der Waals surface area contributed by atoms with Gasteiger partial charge in [-0.3, -0.25) is 0 Å². The average molecular weight is 250 g/mol. The van der Waals surface area contributed by atoms with Crippen LogP contribution in [0, 0.1) is 0 Å². The van der Waals surface area contributed by atoms with Crippen LogP contribution in [-0.4, -0.2) is 42.2 Å². The minimum absolute atomic E-state index is 0.0773.